The van der Waals surface area contributed by atoms with Gasteiger partial charge in [0.1, 0.15) is 5.75 Å². The summed E-state index contributed by atoms with van der Waals surface area (Å²) in [6, 6.07) is 15.9. The zero-order valence-electron chi connectivity index (χ0n) is 10.0. The molecule has 0 aromatic heterocycles. The van der Waals surface area contributed by atoms with E-state index in [4.69, 9.17) is 0 Å². The number of hydrogen-bond donors (Lipinski definition) is 0. The van der Waals surface area contributed by atoms with E-state index in [-0.39, 0.29) is 10.6 Å². The first-order valence-corrected chi connectivity index (χ1v) is 8.05. The van der Waals surface area contributed by atoms with Crippen LogP contribution < -0.4 is 0 Å². The molecule has 19 heavy (non-hydrogen) atoms. The van der Waals surface area contributed by atoms with E-state index in [1.165, 1.54) is 0 Å². The molecular weight excluding hydrogens is 324 g/mol. The minimum Gasteiger partial charge on any atom is -0.223 e. The van der Waals surface area contributed by atoms with E-state index in [1.807, 2.05) is 30.3 Å². The summed E-state index contributed by atoms with van der Waals surface area (Å²) in [5.41, 5.74) is 0.813. The van der Waals surface area contributed by atoms with Gasteiger partial charge in [0.2, 0.25) is 0 Å². The second kappa shape index (κ2) is 6.05. The van der Waals surface area contributed by atoms with Crippen LogP contribution in [-0.2, 0) is 9.84 Å². The molecule has 2 aromatic carbocycles. The van der Waals surface area contributed by atoms with Crippen LogP contribution in [0.2, 0.25) is 0 Å². The van der Waals surface area contributed by atoms with Crippen LogP contribution in [0.15, 0.2) is 64.0 Å². The van der Waals surface area contributed by atoms with Crippen molar-refractivity contribution in [1.29, 1.82) is 0 Å². The fraction of sp³-hybridized carbons (Fsp3) is 0.0667. The van der Waals surface area contributed by atoms with E-state index in [2.05, 4.69) is 27.8 Å². The van der Waals surface area contributed by atoms with Gasteiger partial charge in [0.05, 0.1) is 4.90 Å². The van der Waals surface area contributed by atoms with Crippen molar-refractivity contribution in [1.82, 2.24) is 0 Å². The molecule has 0 heterocycles. The van der Waals surface area contributed by atoms with Gasteiger partial charge in [0, 0.05) is 10.0 Å². The van der Waals surface area contributed by atoms with Crippen molar-refractivity contribution in [2.45, 2.75) is 4.90 Å². The Kier molecular flexibility index (Phi) is 4.41. The molecule has 0 saturated heterocycles. The van der Waals surface area contributed by atoms with Gasteiger partial charge in [-0.3, -0.25) is 0 Å². The van der Waals surface area contributed by atoms with E-state index in [0.717, 1.165) is 10.0 Å². The Bertz CT molecular complexity index is 708. The Morgan fingerprint density at radius 3 is 2.21 bits per heavy atom. The molecule has 0 amide bonds. The Morgan fingerprint density at radius 1 is 0.947 bits per heavy atom. The van der Waals surface area contributed by atoms with Gasteiger partial charge in [-0.25, -0.2) is 8.42 Å². The fourth-order valence-corrected chi connectivity index (χ4v) is 2.72. The minimum absolute atomic E-state index is 0.177. The van der Waals surface area contributed by atoms with Crippen LogP contribution >= 0.6 is 15.9 Å². The van der Waals surface area contributed by atoms with E-state index < -0.39 is 9.84 Å². The summed E-state index contributed by atoms with van der Waals surface area (Å²) in [7, 11) is -3.34. The molecule has 0 fully saturated rings. The number of rotatable bonds is 2. The van der Waals surface area contributed by atoms with Crippen molar-refractivity contribution in [2.75, 3.05) is 5.75 Å². The molecule has 0 N–H and O–H groups in total. The zero-order chi connectivity index (χ0) is 13.7. The fourth-order valence-electron chi connectivity index (χ4n) is 1.48. The molecule has 2 nitrogen and oxygen atoms in total. The standard InChI is InChI=1S/C15H11BrO2S/c16-14-8-10-15(11-9-14)19(17,18)12-4-7-13-5-2-1-3-6-13/h1-3,5-6,8-11H,12H2. The molecule has 0 spiro atoms. The molecule has 96 valence electrons. The summed E-state index contributed by atoms with van der Waals surface area (Å²) in [4.78, 5) is 0.290. The number of benzene rings is 2. The normalized spacial score (nSPS) is 10.6. The average molecular weight is 335 g/mol. The zero-order valence-corrected chi connectivity index (χ0v) is 12.4. The van der Waals surface area contributed by atoms with Gasteiger partial charge in [0.25, 0.3) is 0 Å². The lowest BCUT2D eigenvalue weighted by atomic mass is 10.2. The highest BCUT2D eigenvalue weighted by Gasteiger charge is 2.11. The maximum atomic E-state index is 12.0. The molecular formula is C15H11BrO2S. The third-order valence-corrected chi connectivity index (χ3v) is 4.48. The first-order chi connectivity index (χ1) is 9.08. The van der Waals surface area contributed by atoms with Crippen LogP contribution in [0, 0.1) is 11.8 Å². The topological polar surface area (TPSA) is 34.1 Å². The van der Waals surface area contributed by atoms with Crippen molar-refractivity contribution in [3.05, 3.63) is 64.6 Å². The van der Waals surface area contributed by atoms with Crippen molar-refractivity contribution < 1.29 is 8.42 Å². The Morgan fingerprint density at radius 2 is 1.58 bits per heavy atom. The summed E-state index contributed by atoms with van der Waals surface area (Å²) in [6.45, 7) is 0. The summed E-state index contributed by atoms with van der Waals surface area (Å²) in [5.74, 6) is 5.37. The summed E-state index contributed by atoms with van der Waals surface area (Å²) in [5, 5.41) is 0. The summed E-state index contributed by atoms with van der Waals surface area (Å²) < 4.78 is 24.9. The highest BCUT2D eigenvalue weighted by molar-refractivity contribution is 9.10. The first-order valence-electron chi connectivity index (χ1n) is 5.60. The van der Waals surface area contributed by atoms with Crippen LogP contribution in [0.25, 0.3) is 0 Å². The molecule has 2 aromatic rings. The predicted molar refractivity (Wildman–Crippen MR) is 79.5 cm³/mol. The van der Waals surface area contributed by atoms with Gasteiger partial charge in [-0.05, 0) is 36.4 Å². The van der Waals surface area contributed by atoms with Crippen LogP contribution in [0.1, 0.15) is 5.56 Å². The molecule has 0 aliphatic heterocycles. The van der Waals surface area contributed by atoms with Crippen molar-refractivity contribution in [3.63, 3.8) is 0 Å². The van der Waals surface area contributed by atoms with E-state index >= 15 is 0 Å². The van der Waals surface area contributed by atoms with Crippen LogP contribution in [0.4, 0.5) is 0 Å². The molecule has 0 aliphatic rings. The maximum absolute atomic E-state index is 12.0. The predicted octanol–water partition coefficient (Wildman–Crippen LogP) is 3.27. The van der Waals surface area contributed by atoms with Crippen molar-refractivity contribution in [2.24, 2.45) is 0 Å². The molecule has 0 aliphatic carbocycles. The van der Waals surface area contributed by atoms with Crippen LogP contribution in [-0.4, -0.2) is 14.2 Å². The van der Waals surface area contributed by atoms with E-state index in [0.29, 0.717) is 0 Å². The van der Waals surface area contributed by atoms with Gasteiger partial charge in [-0.15, -0.1) is 0 Å². The van der Waals surface area contributed by atoms with Crippen LogP contribution in [0.3, 0.4) is 0 Å². The van der Waals surface area contributed by atoms with E-state index in [1.54, 1.807) is 24.3 Å². The van der Waals surface area contributed by atoms with Gasteiger partial charge in [-0.1, -0.05) is 46.0 Å². The molecule has 0 bridgehead atoms. The number of sulfone groups is 1. The van der Waals surface area contributed by atoms with Crippen molar-refractivity contribution in [3.8, 4) is 11.8 Å². The molecule has 0 saturated carbocycles. The second-order valence-corrected chi connectivity index (χ2v) is 6.79. The smallest absolute Gasteiger partial charge is 0.189 e. The minimum atomic E-state index is -3.34. The largest absolute Gasteiger partial charge is 0.223 e. The molecule has 0 atom stereocenters. The highest BCUT2D eigenvalue weighted by atomic mass is 79.9. The SMILES string of the molecule is O=S(=O)(CC#Cc1ccccc1)c1ccc(Br)cc1. The number of hydrogen-bond acceptors (Lipinski definition) is 2. The highest BCUT2D eigenvalue weighted by Crippen LogP contribution is 2.15. The van der Waals surface area contributed by atoms with Crippen LogP contribution in [0.5, 0.6) is 0 Å². The van der Waals surface area contributed by atoms with Gasteiger partial charge in [0.15, 0.2) is 9.84 Å². The molecule has 4 heteroatoms. The average Bonchev–Trinajstić information content (AvgIpc) is 2.40. The Labute approximate surface area is 121 Å². The maximum Gasteiger partial charge on any atom is 0.189 e. The quantitative estimate of drug-likeness (QED) is 0.790. The summed E-state index contributed by atoms with van der Waals surface area (Å²) >= 11 is 3.27. The summed E-state index contributed by atoms with van der Waals surface area (Å²) in [6.07, 6.45) is 0. The third kappa shape index (κ3) is 3.95. The first kappa shape index (κ1) is 13.9. The lowest BCUT2D eigenvalue weighted by Gasteiger charge is -1.99. The van der Waals surface area contributed by atoms with Gasteiger partial charge in [-0.2, -0.15) is 0 Å². The lowest BCUT2D eigenvalue weighted by molar-refractivity contribution is 0.599. The van der Waals surface area contributed by atoms with E-state index in [9.17, 15) is 8.42 Å². The monoisotopic (exact) mass is 334 g/mol. The molecule has 2 rings (SSSR count). The lowest BCUT2D eigenvalue weighted by Crippen LogP contribution is -2.04. The Balaban J connectivity index is 2.15. The number of halogens is 1. The molecule has 0 radical (unpaired) electrons. The van der Waals surface area contributed by atoms with Gasteiger partial charge >= 0.3 is 0 Å². The Hall–Kier alpha value is -1.57. The van der Waals surface area contributed by atoms with Gasteiger partial charge < -0.3 is 0 Å². The van der Waals surface area contributed by atoms with Crippen molar-refractivity contribution >= 4 is 25.8 Å². The third-order valence-electron chi connectivity index (χ3n) is 2.44. The molecule has 0 unspecified atom stereocenters. The second-order valence-electron chi connectivity index (χ2n) is 3.88.